The van der Waals surface area contributed by atoms with Crippen LogP contribution in [0, 0.1) is 13.8 Å². The minimum absolute atomic E-state index is 0.189. The van der Waals surface area contributed by atoms with Crippen LogP contribution in [0.2, 0.25) is 0 Å². The molecule has 0 radical (unpaired) electrons. The smallest absolute Gasteiger partial charge is 0.265 e. The van der Waals surface area contributed by atoms with Gasteiger partial charge in [0.1, 0.15) is 5.75 Å². The lowest BCUT2D eigenvalue weighted by Crippen LogP contribution is -2.34. The van der Waals surface area contributed by atoms with Gasteiger partial charge in [-0.05, 0) is 74.4 Å². The van der Waals surface area contributed by atoms with Crippen LogP contribution in [0.4, 0.5) is 5.69 Å². The molecule has 0 heterocycles. The van der Waals surface area contributed by atoms with Gasteiger partial charge < -0.3 is 20.7 Å². The molecule has 0 saturated carbocycles. The van der Waals surface area contributed by atoms with Crippen molar-refractivity contribution in [2.24, 2.45) is 0 Å². The first-order valence-electron chi connectivity index (χ1n) is 11.1. The van der Waals surface area contributed by atoms with E-state index in [1.165, 1.54) is 0 Å². The van der Waals surface area contributed by atoms with E-state index in [-0.39, 0.29) is 17.7 Å². The maximum absolute atomic E-state index is 12.5. The Balaban J connectivity index is 1.44. The van der Waals surface area contributed by atoms with E-state index in [1.54, 1.807) is 55.5 Å². The fourth-order valence-electron chi connectivity index (χ4n) is 3.17. The van der Waals surface area contributed by atoms with Gasteiger partial charge in [-0.1, -0.05) is 30.3 Å². The second-order valence-corrected chi connectivity index (χ2v) is 7.97. The molecule has 3 amide bonds. The first kappa shape index (κ1) is 24.5. The van der Waals surface area contributed by atoms with Gasteiger partial charge in [0.05, 0.1) is 0 Å². The highest BCUT2D eigenvalue weighted by Gasteiger charge is 2.16. The summed E-state index contributed by atoms with van der Waals surface area (Å²) in [4.78, 5) is 36.8. The molecular weight excluding hydrogens is 430 g/mol. The topological polar surface area (TPSA) is 96.5 Å². The summed E-state index contributed by atoms with van der Waals surface area (Å²) in [6, 6.07) is 21.3. The van der Waals surface area contributed by atoms with Crippen molar-refractivity contribution in [3.63, 3.8) is 0 Å². The third-order valence-corrected chi connectivity index (χ3v) is 5.16. The number of hydrogen-bond acceptors (Lipinski definition) is 4. The molecule has 7 heteroatoms. The molecule has 1 atom stereocenters. The van der Waals surface area contributed by atoms with E-state index in [0.29, 0.717) is 35.7 Å². The molecule has 0 saturated heterocycles. The van der Waals surface area contributed by atoms with Gasteiger partial charge in [0.2, 0.25) is 0 Å². The number of carbonyl (C=O) groups excluding carboxylic acids is 3. The Kier molecular flexibility index (Phi) is 8.40. The highest BCUT2D eigenvalue weighted by Crippen LogP contribution is 2.21. The van der Waals surface area contributed by atoms with E-state index < -0.39 is 6.10 Å². The fraction of sp³-hybridized carbons (Fsp3) is 0.222. The number of carbonyl (C=O) groups is 3. The summed E-state index contributed by atoms with van der Waals surface area (Å²) in [5, 5.41) is 8.32. The van der Waals surface area contributed by atoms with Gasteiger partial charge in [-0.3, -0.25) is 14.4 Å². The molecule has 3 rings (SSSR count). The SMILES string of the molecule is Cc1ccc(C)c(OC(C)C(=O)Nc2ccc(C(=O)NCCNC(=O)c3ccccc3)cc2)c1. The number of amides is 3. The van der Waals surface area contributed by atoms with Crippen LogP contribution in [-0.2, 0) is 4.79 Å². The minimum Gasteiger partial charge on any atom is -0.481 e. The molecule has 1 unspecified atom stereocenters. The van der Waals surface area contributed by atoms with Crippen molar-refractivity contribution >= 4 is 23.4 Å². The predicted octanol–water partition coefficient (Wildman–Crippen LogP) is 3.87. The summed E-state index contributed by atoms with van der Waals surface area (Å²) >= 11 is 0. The van der Waals surface area contributed by atoms with Crippen LogP contribution in [-0.4, -0.2) is 36.9 Å². The first-order valence-corrected chi connectivity index (χ1v) is 11.1. The summed E-state index contributed by atoms with van der Waals surface area (Å²) < 4.78 is 5.82. The van der Waals surface area contributed by atoms with Gasteiger partial charge in [0.25, 0.3) is 17.7 Å². The molecular formula is C27H29N3O4. The molecule has 3 aromatic carbocycles. The van der Waals surface area contributed by atoms with Gasteiger partial charge in [0, 0.05) is 29.9 Å². The molecule has 34 heavy (non-hydrogen) atoms. The molecule has 176 valence electrons. The molecule has 0 aromatic heterocycles. The normalized spacial score (nSPS) is 11.3. The number of hydrogen-bond donors (Lipinski definition) is 3. The van der Waals surface area contributed by atoms with Crippen LogP contribution in [0.3, 0.4) is 0 Å². The zero-order valence-electron chi connectivity index (χ0n) is 19.6. The molecule has 0 aliphatic heterocycles. The second kappa shape index (κ2) is 11.7. The second-order valence-electron chi connectivity index (χ2n) is 7.97. The molecule has 0 aliphatic rings. The number of rotatable bonds is 9. The molecule has 0 aliphatic carbocycles. The molecule has 3 N–H and O–H groups in total. The number of aryl methyl sites for hydroxylation is 2. The Morgan fingerprint density at radius 2 is 1.38 bits per heavy atom. The van der Waals surface area contributed by atoms with Crippen molar-refractivity contribution in [2.45, 2.75) is 26.9 Å². The summed E-state index contributed by atoms with van der Waals surface area (Å²) in [5.74, 6) is -0.0638. The molecule has 0 spiro atoms. The van der Waals surface area contributed by atoms with Crippen molar-refractivity contribution in [3.05, 3.63) is 95.1 Å². The van der Waals surface area contributed by atoms with E-state index in [2.05, 4.69) is 16.0 Å². The van der Waals surface area contributed by atoms with Crippen LogP contribution in [0.25, 0.3) is 0 Å². The quantitative estimate of drug-likeness (QED) is 0.423. The minimum atomic E-state index is -0.686. The van der Waals surface area contributed by atoms with Crippen LogP contribution >= 0.6 is 0 Å². The Hall–Kier alpha value is -4.13. The van der Waals surface area contributed by atoms with Crippen molar-refractivity contribution in [2.75, 3.05) is 18.4 Å². The predicted molar refractivity (Wildman–Crippen MR) is 132 cm³/mol. The van der Waals surface area contributed by atoms with E-state index >= 15 is 0 Å². The standard InChI is InChI=1S/C27H29N3O4/c1-18-9-10-19(2)24(17-18)34-20(3)25(31)30-23-13-11-22(12-14-23)27(33)29-16-15-28-26(32)21-7-5-4-6-8-21/h4-14,17,20H,15-16H2,1-3H3,(H,28,32)(H,29,33)(H,30,31). The maximum atomic E-state index is 12.5. The largest absolute Gasteiger partial charge is 0.481 e. The Morgan fingerprint density at radius 1 is 0.794 bits per heavy atom. The average molecular weight is 460 g/mol. The van der Waals surface area contributed by atoms with Gasteiger partial charge in [-0.25, -0.2) is 0 Å². The van der Waals surface area contributed by atoms with E-state index in [4.69, 9.17) is 4.74 Å². The lowest BCUT2D eigenvalue weighted by atomic mass is 10.1. The van der Waals surface area contributed by atoms with Gasteiger partial charge in [0.15, 0.2) is 6.10 Å². The lowest BCUT2D eigenvalue weighted by Gasteiger charge is -2.17. The average Bonchev–Trinajstić information content (AvgIpc) is 2.84. The van der Waals surface area contributed by atoms with E-state index in [0.717, 1.165) is 11.1 Å². The number of ether oxygens (including phenoxy) is 1. The third-order valence-electron chi connectivity index (χ3n) is 5.16. The van der Waals surface area contributed by atoms with Crippen molar-refractivity contribution < 1.29 is 19.1 Å². The Bertz CT molecular complexity index is 1140. The van der Waals surface area contributed by atoms with E-state index in [9.17, 15) is 14.4 Å². The number of nitrogens with one attached hydrogen (secondary N) is 3. The van der Waals surface area contributed by atoms with Crippen LogP contribution < -0.4 is 20.7 Å². The zero-order chi connectivity index (χ0) is 24.5. The molecule has 7 nitrogen and oxygen atoms in total. The Morgan fingerprint density at radius 3 is 2.00 bits per heavy atom. The summed E-state index contributed by atoms with van der Waals surface area (Å²) in [6.45, 7) is 6.19. The maximum Gasteiger partial charge on any atom is 0.265 e. The van der Waals surface area contributed by atoms with Crippen molar-refractivity contribution in [1.29, 1.82) is 0 Å². The van der Waals surface area contributed by atoms with Gasteiger partial charge in [-0.15, -0.1) is 0 Å². The third kappa shape index (κ3) is 6.93. The lowest BCUT2D eigenvalue weighted by molar-refractivity contribution is -0.122. The van der Waals surface area contributed by atoms with Crippen molar-refractivity contribution in [1.82, 2.24) is 10.6 Å². The summed E-state index contributed by atoms with van der Waals surface area (Å²) in [5.41, 5.74) is 3.60. The van der Waals surface area contributed by atoms with Crippen molar-refractivity contribution in [3.8, 4) is 5.75 Å². The van der Waals surface area contributed by atoms with Gasteiger partial charge in [-0.2, -0.15) is 0 Å². The van der Waals surface area contributed by atoms with E-state index in [1.807, 2.05) is 38.1 Å². The zero-order valence-corrected chi connectivity index (χ0v) is 19.6. The fourth-order valence-corrected chi connectivity index (χ4v) is 3.17. The first-order chi connectivity index (χ1) is 16.3. The highest BCUT2D eigenvalue weighted by molar-refractivity contribution is 5.97. The summed E-state index contributed by atoms with van der Waals surface area (Å²) in [7, 11) is 0. The van der Waals surface area contributed by atoms with Crippen LogP contribution in [0.5, 0.6) is 5.75 Å². The number of anilines is 1. The monoisotopic (exact) mass is 459 g/mol. The number of benzene rings is 3. The Labute approximate surface area is 199 Å². The van der Waals surface area contributed by atoms with Crippen LogP contribution in [0.15, 0.2) is 72.8 Å². The molecule has 3 aromatic rings. The molecule has 0 fully saturated rings. The molecule has 0 bridgehead atoms. The van der Waals surface area contributed by atoms with Gasteiger partial charge >= 0.3 is 0 Å². The summed E-state index contributed by atoms with van der Waals surface area (Å²) in [6.07, 6.45) is -0.686. The van der Waals surface area contributed by atoms with Crippen LogP contribution in [0.1, 0.15) is 38.8 Å². The highest BCUT2D eigenvalue weighted by atomic mass is 16.5.